The zero-order chi connectivity index (χ0) is 9.84. The van der Waals surface area contributed by atoms with Gasteiger partial charge >= 0.3 is 0 Å². The molecule has 70 valence electrons. The van der Waals surface area contributed by atoms with E-state index in [1.807, 2.05) is 0 Å². The minimum Gasteiger partial charge on any atom is -0.321 e. The van der Waals surface area contributed by atoms with Crippen LogP contribution >= 0.6 is 23.2 Å². The molecule has 0 aromatic heterocycles. The molecule has 0 saturated carbocycles. The van der Waals surface area contributed by atoms with Crippen LogP contribution in [0.1, 0.15) is 5.56 Å². The van der Waals surface area contributed by atoms with E-state index in [1.54, 1.807) is 18.2 Å². The summed E-state index contributed by atoms with van der Waals surface area (Å²) < 4.78 is 0. The fraction of sp³-hybridized carbons (Fsp3) is 0.222. The van der Waals surface area contributed by atoms with E-state index in [1.165, 1.54) is 0 Å². The SMILES string of the molecule is N[C@H](C=O)Cc1ccc(Cl)c(Cl)c1. The van der Waals surface area contributed by atoms with Crippen molar-refractivity contribution >= 4 is 29.5 Å². The molecule has 0 amide bonds. The molecule has 0 radical (unpaired) electrons. The quantitative estimate of drug-likeness (QED) is 0.789. The molecule has 0 fully saturated rings. The van der Waals surface area contributed by atoms with Crippen LogP contribution in [0.25, 0.3) is 0 Å². The van der Waals surface area contributed by atoms with Crippen molar-refractivity contribution in [1.82, 2.24) is 0 Å². The second kappa shape index (κ2) is 4.61. The molecule has 2 N–H and O–H groups in total. The molecular formula is C9H9Cl2NO. The van der Waals surface area contributed by atoms with Gasteiger partial charge in [0.1, 0.15) is 6.29 Å². The maximum absolute atomic E-state index is 10.3. The highest BCUT2D eigenvalue weighted by atomic mass is 35.5. The number of carbonyl (C=O) groups is 1. The first kappa shape index (κ1) is 10.5. The third-order valence-corrected chi connectivity index (χ3v) is 2.37. The normalized spacial score (nSPS) is 12.5. The highest BCUT2D eigenvalue weighted by molar-refractivity contribution is 6.42. The molecule has 1 aromatic carbocycles. The van der Waals surface area contributed by atoms with Gasteiger partial charge in [-0.2, -0.15) is 0 Å². The van der Waals surface area contributed by atoms with Crippen LogP contribution in [0.15, 0.2) is 18.2 Å². The van der Waals surface area contributed by atoms with Crippen LogP contribution < -0.4 is 5.73 Å². The summed E-state index contributed by atoms with van der Waals surface area (Å²) in [5.41, 5.74) is 6.36. The Kier molecular flexibility index (Phi) is 3.72. The van der Waals surface area contributed by atoms with Crippen LogP contribution in [0.5, 0.6) is 0 Å². The van der Waals surface area contributed by atoms with E-state index in [0.29, 0.717) is 22.8 Å². The monoisotopic (exact) mass is 217 g/mol. The molecule has 0 heterocycles. The molecule has 0 spiro atoms. The van der Waals surface area contributed by atoms with E-state index in [2.05, 4.69) is 0 Å². The summed E-state index contributed by atoms with van der Waals surface area (Å²) in [5, 5.41) is 0.988. The molecule has 0 aliphatic heterocycles. The van der Waals surface area contributed by atoms with E-state index in [4.69, 9.17) is 28.9 Å². The second-order valence-electron chi connectivity index (χ2n) is 2.75. The van der Waals surface area contributed by atoms with Gasteiger partial charge in [0.25, 0.3) is 0 Å². The topological polar surface area (TPSA) is 43.1 Å². The molecule has 2 nitrogen and oxygen atoms in total. The van der Waals surface area contributed by atoms with Gasteiger partial charge in [0.05, 0.1) is 16.1 Å². The first-order chi connectivity index (χ1) is 6.13. The van der Waals surface area contributed by atoms with Gasteiger partial charge in [0, 0.05) is 0 Å². The predicted molar refractivity (Wildman–Crippen MR) is 54.2 cm³/mol. The third-order valence-electron chi connectivity index (χ3n) is 1.63. The average molecular weight is 218 g/mol. The Morgan fingerprint density at radius 2 is 2.08 bits per heavy atom. The van der Waals surface area contributed by atoms with Gasteiger partial charge in [0.15, 0.2) is 0 Å². The number of halogens is 2. The van der Waals surface area contributed by atoms with Crippen LogP contribution in [0.2, 0.25) is 10.0 Å². The zero-order valence-electron chi connectivity index (χ0n) is 6.84. The van der Waals surface area contributed by atoms with E-state index < -0.39 is 6.04 Å². The first-order valence-corrected chi connectivity index (χ1v) is 4.54. The largest absolute Gasteiger partial charge is 0.321 e. The number of rotatable bonds is 3. The van der Waals surface area contributed by atoms with Crippen LogP contribution in [-0.4, -0.2) is 12.3 Å². The summed E-state index contributed by atoms with van der Waals surface area (Å²) in [4.78, 5) is 10.3. The summed E-state index contributed by atoms with van der Waals surface area (Å²) >= 11 is 11.5. The highest BCUT2D eigenvalue weighted by Crippen LogP contribution is 2.22. The molecule has 1 atom stereocenters. The second-order valence-corrected chi connectivity index (χ2v) is 3.57. The lowest BCUT2D eigenvalue weighted by atomic mass is 10.1. The number of aldehydes is 1. The van der Waals surface area contributed by atoms with Gasteiger partial charge in [-0.25, -0.2) is 0 Å². The number of carbonyl (C=O) groups excluding carboxylic acids is 1. The van der Waals surface area contributed by atoms with Gasteiger partial charge in [-0.05, 0) is 24.1 Å². The molecule has 1 rings (SSSR count). The molecule has 0 aliphatic carbocycles. The number of hydrogen-bond donors (Lipinski definition) is 1. The molecule has 4 heteroatoms. The van der Waals surface area contributed by atoms with Gasteiger partial charge in [-0.3, -0.25) is 0 Å². The first-order valence-electron chi connectivity index (χ1n) is 3.78. The lowest BCUT2D eigenvalue weighted by Crippen LogP contribution is -2.23. The van der Waals surface area contributed by atoms with Gasteiger partial charge in [-0.1, -0.05) is 29.3 Å². The van der Waals surface area contributed by atoms with E-state index in [0.717, 1.165) is 5.56 Å². The molecular weight excluding hydrogens is 209 g/mol. The summed E-state index contributed by atoms with van der Waals surface area (Å²) in [5.74, 6) is 0. The summed E-state index contributed by atoms with van der Waals surface area (Å²) in [6, 6.07) is 4.74. The van der Waals surface area contributed by atoms with Crippen molar-refractivity contribution in [3.63, 3.8) is 0 Å². The minimum atomic E-state index is -0.475. The van der Waals surface area contributed by atoms with Crippen molar-refractivity contribution in [3.8, 4) is 0 Å². The molecule has 0 aliphatic rings. The maximum Gasteiger partial charge on any atom is 0.137 e. The van der Waals surface area contributed by atoms with Crippen molar-refractivity contribution in [2.45, 2.75) is 12.5 Å². The lowest BCUT2D eigenvalue weighted by molar-refractivity contribution is -0.108. The van der Waals surface area contributed by atoms with Gasteiger partial charge in [-0.15, -0.1) is 0 Å². The maximum atomic E-state index is 10.3. The van der Waals surface area contributed by atoms with Gasteiger partial charge in [0.2, 0.25) is 0 Å². The fourth-order valence-electron chi connectivity index (χ4n) is 0.987. The predicted octanol–water partition coefficient (Wildman–Crippen LogP) is 2.06. The van der Waals surface area contributed by atoms with Gasteiger partial charge < -0.3 is 10.5 Å². The van der Waals surface area contributed by atoms with Crippen molar-refractivity contribution in [2.75, 3.05) is 0 Å². The smallest absolute Gasteiger partial charge is 0.137 e. The Bertz CT molecular complexity index is 314. The Morgan fingerprint density at radius 1 is 1.38 bits per heavy atom. The molecule has 0 bridgehead atoms. The fourth-order valence-corrected chi connectivity index (χ4v) is 1.31. The number of benzene rings is 1. The third kappa shape index (κ3) is 2.99. The number of nitrogens with two attached hydrogens (primary N) is 1. The minimum absolute atomic E-state index is 0.475. The average Bonchev–Trinajstić information content (AvgIpc) is 2.11. The van der Waals surface area contributed by atoms with E-state index in [-0.39, 0.29) is 0 Å². The van der Waals surface area contributed by atoms with Crippen LogP contribution in [-0.2, 0) is 11.2 Å². The Morgan fingerprint density at radius 3 is 2.62 bits per heavy atom. The van der Waals surface area contributed by atoms with Crippen molar-refractivity contribution in [2.24, 2.45) is 5.73 Å². The Balaban J connectivity index is 2.79. The Hall–Kier alpha value is -0.570. The summed E-state index contributed by atoms with van der Waals surface area (Å²) in [6.07, 6.45) is 1.20. The standard InChI is InChI=1S/C9H9Cl2NO/c10-8-2-1-6(4-9(8)11)3-7(12)5-13/h1-2,4-5,7H,3,12H2/t7-/m0/s1. The van der Waals surface area contributed by atoms with Crippen molar-refractivity contribution < 1.29 is 4.79 Å². The van der Waals surface area contributed by atoms with Crippen molar-refractivity contribution in [1.29, 1.82) is 0 Å². The van der Waals surface area contributed by atoms with Crippen LogP contribution in [0, 0.1) is 0 Å². The Labute approximate surface area is 86.6 Å². The van der Waals surface area contributed by atoms with E-state index in [9.17, 15) is 4.79 Å². The van der Waals surface area contributed by atoms with Crippen LogP contribution in [0.3, 0.4) is 0 Å². The molecule has 0 saturated heterocycles. The van der Waals surface area contributed by atoms with E-state index >= 15 is 0 Å². The van der Waals surface area contributed by atoms with Crippen LogP contribution in [0.4, 0.5) is 0 Å². The summed E-state index contributed by atoms with van der Waals surface area (Å²) in [7, 11) is 0. The molecule has 0 unspecified atom stereocenters. The van der Waals surface area contributed by atoms with Crippen molar-refractivity contribution in [3.05, 3.63) is 33.8 Å². The highest BCUT2D eigenvalue weighted by Gasteiger charge is 2.04. The molecule has 13 heavy (non-hydrogen) atoms. The number of hydrogen-bond acceptors (Lipinski definition) is 2. The zero-order valence-corrected chi connectivity index (χ0v) is 8.35. The summed E-state index contributed by atoms with van der Waals surface area (Å²) in [6.45, 7) is 0. The molecule has 1 aromatic rings. The lowest BCUT2D eigenvalue weighted by Gasteiger charge is -2.04.